The number of esters is 1. The first kappa shape index (κ1) is 32.8. The molecule has 242 valence electrons. The molecule has 2 saturated carbocycles. The number of hydrogen-bond donors (Lipinski definition) is 4. The van der Waals surface area contributed by atoms with E-state index in [1.807, 2.05) is 6.07 Å². The lowest BCUT2D eigenvalue weighted by molar-refractivity contribution is -0.148. The summed E-state index contributed by atoms with van der Waals surface area (Å²) in [4.78, 5) is 17.3. The Morgan fingerprint density at radius 2 is 1.91 bits per heavy atom. The van der Waals surface area contributed by atoms with Crippen LogP contribution in [0.1, 0.15) is 56.7 Å². The molecule has 5 atom stereocenters. The minimum absolute atomic E-state index is 0.0980. The molecule has 1 aromatic carbocycles. The Morgan fingerprint density at radius 3 is 2.58 bits per heavy atom. The predicted octanol–water partition coefficient (Wildman–Crippen LogP) is 3.31. The zero-order chi connectivity index (χ0) is 32.0. The molecule has 2 aliphatic rings. The van der Waals surface area contributed by atoms with Crippen molar-refractivity contribution in [3.05, 3.63) is 54.5 Å². The maximum absolute atomic E-state index is 14.5. The molecule has 0 spiro atoms. The highest BCUT2D eigenvalue weighted by molar-refractivity contribution is 7.52. The van der Waals surface area contributed by atoms with Gasteiger partial charge in [-0.3, -0.25) is 9.32 Å². The lowest BCUT2D eigenvalue weighted by Crippen LogP contribution is -2.51. The van der Waals surface area contributed by atoms with Crippen LogP contribution >= 0.6 is 7.75 Å². The van der Waals surface area contributed by atoms with Crippen LogP contribution in [-0.4, -0.2) is 68.9 Å². The first-order valence-corrected chi connectivity index (χ1v) is 16.6. The molecule has 0 bridgehead atoms. The van der Waals surface area contributed by atoms with Crippen molar-refractivity contribution in [2.24, 2.45) is 11.8 Å². The monoisotopic (exact) mass is 642 g/mol. The lowest BCUT2D eigenvalue weighted by atomic mass is 9.84. The molecule has 14 nitrogen and oxygen atoms in total. The second-order valence-electron chi connectivity index (χ2n) is 11.5. The molecule has 0 aliphatic heterocycles. The molecule has 0 amide bonds. The van der Waals surface area contributed by atoms with Gasteiger partial charge in [0, 0.05) is 7.11 Å². The van der Waals surface area contributed by atoms with Gasteiger partial charge in [-0.25, -0.2) is 14.1 Å². The molecule has 2 unspecified atom stereocenters. The van der Waals surface area contributed by atoms with Crippen LogP contribution < -0.4 is 15.3 Å². The van der Waals surface area contributed by atoms with Gasteiger partial charge in [0.2, 0.25) is 5.60 Å². The van der Waals surface area contributed by atoms with Crippen molar-refractivity contribution in [1.82, 2.24) is 19.7 Å². The van der Waals surface area contributed by atoms with Gasteiger partial charge in [0.05, 0.1) is 12.3 Å². The number of nitrogen functional groups attached to an aromatic ring is 1. The van der Waals surface area contributed by atoms with Crippen LogP contribution in [0.15, 0.2) is 48.8 Å². The van der Waals surface area contributed by atoms with E-state index in [0.717, 1.165) is 39.2 Å². The van der Waals surface area contributed by atoms with Gasteiger partial charge >= 0.3 is 13.7 Å². The Labute approximate surface area is 261 Å². The number of carbonyl (C=O) groups excluding carboxylic acids is 1. The summed E-state index contributed by atoms with van der Waals surface area (Å²) >= 11 is 0. The number of aliphatic hydroxyl groups excluding tert-OH is 2. The average molecular weight is 643 g/mol. The van der Waals surface area contributed by atoms with E-state index in [-0.39, 0.29) is 29.8 Å². The number of nitriles is 1. The minimum Gasteiger partial charge on any atom is -0.464 e. The third-order valence-electron chi connectivity index (χ3n) is 8.39. The highest BCUT2D eigenvalue weighted by atomic mass is 31.2. The van der Waals surface area contributed by atoms with Crippen LogP contribution in [-0.2, 0) is 23.4 Å². The SMILES string of the molecule is CO[C@](C#N)(COP(=O)(NC(C(=O)OCC1CC1)C1CCCCC1)Oc1ccccc1)[C@@H](O)[C@@H](O)c1ccc2c(N)ncnn12. The molecular weight excluding hydrogens is 603 g/mol. The number of nitrogens with one attached hydrogen (secondary N) is 1. The van der Waals surface area contributed by atoms with Crippen LogP contribution in [0, 0.1) is 23.2 Å². The molecule has 45 heavy (non-hydrogen) atoms. The summed E-state index contributed by atoms with van der Waals surface area (Å²) in [5.41, 5.74) is 4.13. The Bertz CT molecular complexity index is 1540. The van der Waals surface area contributed by atoms with Gasteiger partial charge in [0.1, 0.15) is 48.5 Å². The summed E-state index contributed by atoms with van der Waals surface area (Å²) in [7, 11) is -3.32. The van der Waals surface area contributed by atoms with Gasteiger partial charge in [-0.1, -0.05) is 37.5 Å². The highest BCUT2D eigenvalue weighted by Gasteiger charge is 2.48. The van der Waals surface area contributed by atoms with Gasteiger partial charge in [-0.05, 0) is 61.8 Å². The first-order chi connectivity index (χ1) is 21.7. The van der Waals surface area contributed by atoms with Gasteiger partial charge in [-0.15, -0.1) is 0 Å². The summed E-state index contributed by atoms with van der Waals surface area (Å²) in [5.74, 6) is -0.0813. The molecule has 2 aliphatic carbocycles. The van der Waals surface area contributed by atoms with E-state index in [4.69, 9.17) is 24.3 Å². The second kappa shape index (κ2) is 14.2. The quantitative estimate of drug-likeness (QED) is 0.139. The Balaban J connectivity index is 1.41. The number of aromatic nitrogens is 3. The molecule has 2 heterocycles. The van der Waals surface area contributed by atoms with Crippen LogP contribution in [0.4, 0.5) is 5.82 Å². The Morgan fingerprint density at radius 1 is 1.18 bits per heavy atom. The van der Waals surface area contributed by atoms with Gasteiger partial charge in [0.15, 0.2) is 5.82 Å². The van der Waals surface area contributed by atoms with Crippen LogP contribution in [0.3, 0.4) is 0 Å². The number of benzene rings is 1. The number of aliphatic hydroxyl groups is 2. The standard InChI is InChI=1S/C30H39N6O8P/c1-41-30(17-31,27(38)26(37)23-14-15-24-28(32)33-19-34-36(23)24)18-43-45(40,44-22-10-6-3-7-11-22)35-25(21-8-4-2-5-9-21)29(39)42-16-20-12-13-20/h3,6-7,10-11,14-15,19-21,25-27,37-38H,2,4-5,8-9,12-13,16,18H2,1H3,(H,35,40)(H2,32,33,34)/t25?,26-,27-,30+,45?/m0/s1. The molecule has 15 heteroatoms. The summed E-state index contributed by atoms with van der Waals surface area (Å²) < 4.78 is 38.5. The molecule has 0 saturated heterocycles. The van der Waals surface area contributed by atoms with Crippen molar-refractivity contribution in [1.29, 1.82) is 5.26 Å². The maximum atomic E-state index is 14.5. The number of ether oxygens (including phenoxy) is 2. The second-order valence-corrected chi connectivity index (χ2v) is 13.2. The van der Waals surface area contributed by atoms with E-state index in [9.17, 15) is 24.8 Å². The summed E-state index contributed by atoms with van der Waals surface area (Å²) in [6.45, 7) is -0.533. The average Bonchev–Trinajstić information content (AvgIpc) is 3.80. The number of para-hydroxylation sites is 1. The largest absolute Gasteiger partial charge is 0.464 e. The van der Waals surface area contributed by atoms with Crippen molar-refractivity contribution in [2.75, 3.05) is 26.1 Å². The number of hydrogen-bond acceptors (Lipinski definition) is 12. The van der Waals surface area contributed by atoms with E-state index in [0.29, 0.717) is 24.3 Å². The molecule has 5 N–H and O–H groups in total. The minimum atomic E-state index is -4.47. The first-order valence-electron chi connectivity index (χ1n) is 15.0. The molecule has 2 fully saturated rings. The maximum Gasteiger partial charge on any atom is 0.459 e. The van der Waals surface area contributed by atoms with E-state index >= 15 is 0 Å². The van der Waals surface area contributed by atoms with Crippen molar-refractivity contribution >= 4 is 25.1 Å². The number of nitrogens with two attached hydrogens (primary N) is 1. The summed E-state index contributed by atoms with van der Waals surface area (Å²) in [5, 5.41) is 39.7. The fourth-order valence-corrected chi connectivity index (χ4v) is 7.07. The van der Waals surface area contributed by atoms with E-state index < -0.39 is 44.2 Å². The molecule has 3 aromatic rings. The zero-order valence-corrected chi connectivity index (χ0v) is 25.9. The lowest BCUT2D eigenvalue weighted by Gasteiger charge is -2.35. The molecule has 5 rings (SSSR count). The number of methoxy groups -OCH3 is 1. The number of anilines is 1. The van der Waals surface area contributed by atoms with E-state index in [1.54, 1.807) is 36.4 Å². The fourth-order valence-electron chi connectivity index (χ4n) is 5.48. The molecular formula is C30H39N6O8P. The smallest absolute Gasteiger partial charge is 0.459 e. The third kappa shape index (κ3) is 7.64. The Hall–Kier alpha value is -3.57. The van der Waals surface area contributed by atoms with Crippen LogP contribution in [0.5, 0.6) is 5.75 Å². The van der Waals surface area contributed by atoms with Crippen LogP contribution in [0.2, 0.25) is 0 Å². The van der Waals surface area contributed by atoms with Crippen molar-refractivity contribution in [3.8, 4) is 11.8 Å². The van der Waals surface area contributed by atoms with Crippen molar-refractivity contribution in [2.45, 2.75) is 68.8 Å². The molecule has 2 aromatic heterocycles. The highest BCUT2D eigenvalue weighted by Crippen LogP contribution is 2.48. The summed E-state index contributed by atoms with van der Waals surface area (Å²) in [6, 6.07) is 12.1. The third-order valence-corrected chi connectivity index (χ3v) is 9.91. The van der Waals surface area contributed by atoms with E-state index in [1.165, 1.54) is 16.9 Å². The zero-order valence-electron chi connectivity index (χ0n) is 25.0. The number of fused-ring (bicyclic) bond motifs is 1. The van der Waals surface area contributed by atoms with Gasteiger partial charge in [-0.2, -0.15) is 15.4 Å². The van der Waals surface area contributed by atoms with Crippen LogP contribution in [0.25, 0.3) is 5.52 Å². The predicted molar refractivity (Wildman–Crippen MR) is 162 cm³/mol. The number of rotatable bonds is 15. The van der Waals surface area contributed by atoms with Crippen molar-refractivity contribution in [3.63, 3.8) is 0 Å². The Kier molecular flexibility index (Phi) is 10.4. The fraction of sp³-hybridized carbons (Fsp3) is 0.533. The topological polar surface area (TPSA) is 204 Å². The van der Waals surface area contributed by atoms with Gasteiger partial charge in [0.25, 0.3) is 0 Å². The number of nitrogens with zero attached hydrogens (tertiary/aromatic N) is 4. The van der Waals surface area contributed by atoms with Gasteiger partial charge < -0.3 is 29.9 Å². The normalized spacial score (nSPS) is 20.3. The van der Waals surface area contributed by atoms with Crippen molar-refractivity contribution < 1.29 is 38.1 Å². The number of carbonyl (C=O) groups is 1. The molecule has 0 radical (unpaired) electrons. The van der Waals surface area contributed by atoms with E-state index in [2.05, 4.69) is 15.2 Å². The summed E-state index contributed by atoms with van der Waals surface area (Å²) in [6.07, 6.45) is 3.79.